The van der Waals surface area contributed by atoms with Crippen molar-refractivity contribution in [2.75, 3.05) is 0 Å². The normalized spacial score (nSPS) is 30.4. The molecule has 1 aliphatic rings. The van der Waals surface area contributed by atoms with Crippen molar-refractivity contribution in [1.29, 1.82) is 0 Å². The molecule has 0 radical (unpaired) electrons. The fourth-order valence-corrected chi connectivity index (χ4v) is 2.88. The highest BCUT2D eigenvalue weighted by molar-refractivity contribution is 8.40. The van der Waals surface area contributed by atoms with Crippen LogP contribution in [0.5, 0.6) is 0 Å². The van der Waals surface area contributed by atoms with Crippen LogP contribution < -0.4 is 4.72 Å². The van der Waals surface area contributed by atoms with Crippen LogP contribution in [0.2, 0.25) is 0 Å². The van der Waals surface area contributed by atoms with Crippen LogP contribution in [-0.2, 0) is 0 Å². The van der Waals surface area contributed by atoms with Gasteiger partial charge < -0.3 is 4.72 Å². The third-order valence-electron chi connectivity index (χ3n) is 0.451. The Morgan fingerprint density at radius 1 is 1.86 bits per heavy atom. The van der Waals surface area contributed by atoms with Gasteiger partial charge in [0.05, 0.1) is 0 Å². The number of nitrogens with one attached hydrogen (secondary N) is 1. The third kappa shape index (κ3) is 1.71. The second kappa shape index (κ2) is 2.48. The zero-order chi connectivity index (χ0) is 5.28. The van der Waals surface area contributed by atoms with Crippen molar-refractivity contribution in [3.05, 3.63) is 0 Å². The molecule has 1 nitrogen and oxygen atoms in total. The van der Waals surface area contributed by atoms with Gasteiger partial charge in [-0.25, -0.2) is 0 Å². The standard InChI is InChI=1S/C2H3NS4/c4-1-3-7-2(5)6-1/h2,5H,(H,3,4). The van der Waals surface area contributed by atoms with Crippen LogP contribution in [0.25, 0.3) is 0 Å². The van der Waals surface area contributed by atoms with E-state index in [-0.39, 0.29) is 0 Å². The van der Waals surface area contributed by atoms with Crippen LogP contribution in [0.4, 0.5) is 0 Å². The summed E-state index contributed by atoms with van der Waals surface area (Å²) < 4.78 is 4.04. The molecule has 0 amide bonds. The molecule has 1 rings (SSSR count). The van der Waals surface area contributed by atoms with Crippen molar-refractivity contribution < 1.29 is 0 Å². The molecule has 0 bridgehead atoms. The number of thiol groups is 1. The van der Waals surface area contributed by atoms with Gasteiger partial charge in [-0.3, -0.25) is 0 Å². The van der Waals surface area contributed by atoms with E-state index in [0.29, 0.717) is 3.91 Å². The van der Waals surface area contributed by atoms with E-state index in [0.717, 1.165) is 4.32 Å². The van der Waals surface area contributed by atoms with Crippen LogP contribution in [0.3, 0.4) is 0 Å². The molecule has 1 saturated heterocycles. The molecule has 1 N–H and O–H groups in total. The van der Waals surface area contributed by atoms with Crippen LogP contribution in [0.1, 0.15) is 0 Å². The maximum Gasteiger partial charge on any atom is 0.145 e. The molecule has 1 aliphatic heterocycles. The predicted molar refractivity (Wildman–Crippen MR) is 43.7 cm³/mol. The predicted octanol–water partition coefficient (Wildman–Crippen LogP) is 1.47. The highest BCUT2D eigenvalue weighted by Gasteiger charge is 2.15. The van der Waals surface area contributed by atoms with Crippen LogP contribution in [0, 0.1) is 0 Å². The zero-order valence-corrected chi connectivity index (χ0v) is 6.59. The lowest BCUT2D eigenvalue weighted by Crippen LogP contribution is -1.98. The summed E-state index contributed by atoms with van der Waals surface area (Å²) in [5, 5.41) is 0. The van der Waals surface area contributed by atoms with E-state index in [1.807, 2.05) is 0 Å². The summed E-state index contributed by atoms with van der Waals surface area (Å²) in [6, 6.07) is 0. The molecule has 0 aromatic heterocycles. The van der Waals surface area contributed by atoms with E-state index in [9.17, 15) is 0 Å². The van der Waals surface area contributed by atoms with Crippen molar-refractivity contribution in [2.24, 2.45) is 0 Å². The molecule has 5 heteroatoms. The molecule has 7 heavy (non-hydrogen) atoms. The maximum absolute atomic E-state index is 4.78. The number of rotatable bonds is 0. The average molecular weight is 169 g/mol. The zero-order valence-electron chi connectivity index (χ0n) is 3.25. The smallest absolute Gasteiger partial charge is 0.145 e. The third-order valence-corrected chi connectivity index (χ3v) is 3.35. The van der Waals surface area contributed by atoms with Crippen LogP contribution in [0.15, 0.2) is 0 Å². The summed E-state index contributed by atoms with van der Waals surface area (Å²) in [6.07, 6.45) is 0. The number of hydrogen-bond acceptors (Lipinski definition) is 4. The van der Waals surface area contributed by atoms with E-state index in [1.165, 1.54) is 0 Å². The van der Waals surface area contributed by atoms with Gasteiger partial charge in [0.2, 0.25) is 0 Å². The van der Waals surface area contributed by atoms with Gasteiger partial charge in [0, 0.05) is 0 Å². The first-order valence-corrected chi connectivity index (χ1v) is 4.28. The average Bonchev–Trinajstić information content (AvgIpc) is 1.87. The van der Waals surface area contributed by atoms with Crippen molar-refractivity contribution >= 4 is 52.9 Å². The Kier molecular flexibility index (Phi) is 2.15. The molecule has 1 fully saturated rings. The van der Waals surface area contributed by atoms with E-state index in [2.05, 4.69) is 17.4 Å². The second-order valence-electron chi connectivity index (χ2n) is 0.932. The Morgan fingerprint density at radius 3 is 2.71 bits per heavy atom. The largest absolute Gasteiger partial charge is 0.314 e. The van der Waals surface area contributed by atoms with Gasteiger partial charge in [-0.15, -0.1) is 0 Å². The van der Waals surface area contributed by atoms with Crippen LogP contribution in [-0.4, -0.2) is 8.23 Å². The van der Waals surface area contributed by atoms with E-state index in [4.69, 9.17) is 12.2 Å². The Hall–Kier alpha value is 0.940. The molecule has 1 atom stereocenters. The fraction of sp³-hybridized carbons (Fsp3) is 0.500. The molecule has 0 saturated carbocycles. The van der Waals surface area contributed by atoms with Gasteiger partial charge in [-0.2, -0.15) is 12.6 Å². The van der Waals surface area contributed by atoms with Gasteiger partial charge in [0.1, 0.15) is 8.23 Å². The minimum Gasteiger partial charge on any atom is -0.314 e. The van der Waals surface area contributed by atoms with Gasteiger partial charge in [0.25, 0.3) is 0 Å². The Morgan fingerprint density at radius 2 is 2.57 bits per heavy atom. The molecule has 40 valence electrons. The minimum atomic E-state index is 0.299. The van der Waals surface area contributed by atoms with E-state index < -0.39 is 0 Å². The van der Waals surface area contributed by atoms with Crippen molar-refractivity contribution in [1.82, 2.24) is 4.72 Å². The quantitative estimate of drug-likeness (QED) is 0.323. The molecule has 0 aromatic rings. The first kappa shape index (κ1) is 6.07. The topological polar surface area (TPSA) is 12.0 Å². The van der Waals surface area contributed by atoms with Gasteiger partial charge in [-0.05, 0) is 11.9 Å². The maximum atomic E-state index is 4.78. The van der Waals surface area contributed by atoms with Gasteiger partial charge in [0.15, 0.2) is 0 Å². The molecule has 0 spiro atoms. The van der Waals surface area contributed by atoms with Crippen molar-refractivity contribution in [3.63, 3.8) is 0 Å². The lowest BCUT2D eigenvalue weighted by atomic mass is 11.5. The summed E-state index contributed by atoms with van der Waals surface area (Å²) in [4.78, 5) is 0. The van der Waals surface area contributed by atoms with E-state index in [1.54, 1.807) is 23.7 Å². The Labute approximate surface area is 61.5 Å². The SMILES string of the molecule is S=C1NSC(S)S1. The number of thioether (sulfide) groups is 1. The molecule has 1 heterocycles. The highest BCUT2D eigenvalue weighted by Crippen LogP contribution is 2.32. The summed E-state index contributed by atoms with van der Waals surface area (Å²) >= 11 is 12.0. The van der Waals surface area contributed by atoms with Crippen molar-refractivity contribution in [3.8, 4) is 0 Å². The number of thiocarbonyl (C=S) groups is 1. The first-order chi connectivity index (χ1) is 3.29. The molecular weight excluding hydrogens is 166 g/mol. The monoisotopic (exact) mass is 169 g/mol. The highest BCUT2D eigenvalue weighted by atomic mass is 32.3. The Bertz CT molecular complexity index is 91.7. The summed E-state index contributed by atoms with van der Waals surface area (Å²) in [7, 11) is 0. The minimum absolute atomic E-state index is 0.299. The lowest BCUT2D eigenvalue weighted by molar-refractivity contribution is 1.66. The fourth-order valence-electron chi connectivity index (χ4n) is 0.238. The van der Waals surface area contributed by atoms with Gasteiger partial charge in [-0.1, -0.05) is 24.0 Å². The summed E-state index contributed by atoms with van der Waals surface area (Å²) in [5.41, 5.74) is 0. The lowest BCUT2D eigenvalue weighted by Gasteiger charge is -1.86. The Balaban J connectivity index is 2.40. The molecule has 0 aliphatic carbocycles. The molecule has 0 aromatic carbocycles. The van der Waals surface area contributed by atoms with Crippen LogP contribution >= 0.6 is 48.6 Å². The van der Waals surface area contributed by atoms with Crippen molar-refractivity contribution in [2.45, 2.75) is 3.91 Å². The van der Waals surface area contributed by atoms with E-state index >= 15 is 0 Å². The number of hydrogen-bond donors (Lipinski definition) is 2. The molecular formula is C2H3NS4. The summed E-state index contributed by atoms with van der Waals surface area (Å²) in [6.45, 7) is 0. The second-order valence-corrected chi connectivity index (χ2v) is 5.14. The van der Waals surface area contributed by atoms with Gasteiger partial charge >= 0.3 is 0 Å². The molecule has 1 unspecified atom stereocenters. The first-order valence-electron chi connectivity index (χ1n) is 1.59. The summed E-state index contributed by atoms with van der Waals surface area (Å²) in [5.74, 6) is 0.